The summed E-state index contributed by atoms with van der Waals surface area (Å²) in [5.74, 6) is 6.66. The Kier molecular flexibility index (Phi) is 29.3. The average molecular weight is 792 g/mol. The molecule has 1 radical (unpaired) electrons. The van der Waals surface area contributed by atoms with Crippen molar-refractivity contribution in [3.63, 3.8) is 0 Å². The molecule has 1 aliphatic heterocycles. The molecule has 0 aromatic heterocycles. The van der Waals surface area contributed by atoms with Crippen molar-refractivity contribution in [1.82, 2.24) is 10.6 Å². The van der Waals surface area contributed by atoms with Crippen molar-refractivity contribution in [1.29, 1.82) is 0 Å². The van der Waals surface area contributed by atoms with E-state index in [0.29, 0.717) is 83.9 Å². The first-order valence-electron chi connectivity index (χ1n) is 15.8. The predicted molar refractivity (Wildman–Crippen MR) is 197 cm³/mol. The van der Waals surface area contributed by atoms with E-state index in [2.05, 4.69) is 36.2 Å². The fourth-order valence-electron chi connectivity index (χ4n) is 3.71. The third-order valence-corrected chi connectivity index (χ3v) is 11.0. The molecule has 1 rings (SSSR count). The number of nitrogens with one attached hydrogen (secondary N) is 2. The van der Waals surface area contributed by atoms with E-state index >= 15 is 0 Å². The molecule has 281 valence electrons. The zero-order valence-corrected chi connectivity index (χ0v) is 32.6. The molecule has 0 bridgehead atoms. The van der Waals surface area contributed by atoms with Gasteiger partial charge in [0.1, 0.15) is 24.6 Å². The van der Waals surface area contributed by atoms with Gasteiger partial charge in [-0.05, 0) is 45.8 Å². The monoisotopic (exact) mass is 791 g/mol. The predicted octanol–water partition coefficient (Wildman–Crippen LogP) is 3.54. The van der Waals surface area contributed by atoms with Crippen LogP contribution in [-0.4, -0.2) is 138 Å². The molecule has 49 heavy (non-hydrogen) atoms. The zero-order valence-electron chi connectivity index (χ0n) is 28.4. The minimum atomic E-state index is -2.72. The van der Waals surface area contributed by atoms with Gasteiger partial charge < -0.3 is 49.5 Å². The Morgan fingerprint density at radius 3 is 2.49 bits per heavy atom. The summed E-state index contributed by atoms with van der Waals surface area (Å²) in [6, 6.07) is -0.325. The van der Waals surface area contributed by atoms with Crippen LogP contribution in [0.3, 0.4) is 0 Å². The highest BCUT2D eigenvalue weighted by atomic mass is 33.1. The second kappa shape index (κ2) is 30.9. The van der Waals surface area contributed by atoms with Crippen LogP contribution in [0.1, 0.15) is 39.5 Å². The van der Waals surface area contributed by atoms with E-state index in [-0.39, 0.29) is 36.6 Å². The van der Waals surface area contributed by atoms with Crippen LogP contribution in [0.5, 0.6) is 0 Å². The molecule has 1 aliphatic rings. The van der Waals surface area contributed by atoms with Crippen molar-refractivity contribution >= 4 is 70.9 Å². The number of ether oxygens (including phenoxy) is 7. The van der Waals surface area contributed by atoms with Gasteiger partial charge in [-0.25, -0.2) is 9.59 Å². The topological polar surface area (TPSA) is 195 Å². The highest BCUT2D eigenvalue weighted by Crippen LogP contribution is 2.38. The number of unbranched alkanes of at least 4 members (excludes halogenated alkanes) is 1. The summed E-state index contributed by atoms with van der Waals surface area (Å²) in [7, 11) is 5.34. The highest BCUT2D eigenvalue weighted by Gasteiger charge is 2.38. The van der Waals surface area contributed by atoms with Gasteiger partial charge in [0.05, 0.1) is 52.3 Å². The first kappa shape index (κ1) is 46.4. The Morgan fingerprint density at radius 2 is 1.73 bits per heavy atom. The Balaban J connectivity index is 2.01. The summed E-state index contributed by atoms with van der Waals surface area (Å²) in [6.07, 6.45) is 2.81. The van der Waals surface area contributed by atoms with Gasteiger partial charge in [-0.3, -0.25) is 0 Å². The summed E-state index contributed by atoms with van der Waals surface area (Å²) in [6.45, 7) is 7.98. The molecule has 4 atom stereocenters. The Labute approximate surface area is 307 Å². The number of nitrogens with two attached hydrogens (primary N) is 1. The molecule has 0 aromatic rings. The molecule has 1 heterocycles. The lowest BCUT2D eigenvalue weighted by Gasteiger charge is -2.22. The van der Waals surface area contributed by atoms with Crippen LogP contribution in [0.4, 0.5) is 9.59 Å². The maximum atomic E-state index is 11.9. The number of carbonyl (C=O) groups excluding carboxylic acids is 2. The first-order chi connectivity index (χ1) is 23.7. The molecule has 21 heteroatoms. The van der Waals surface area contributed by atoms with Crippen LogP contribution in [0, 0.1) is 11.7 Å². The Hall–Kier alpha value is -0.655. The molecule has 1 fully saturated rings. The van der Waals surface area contributed by atoms with Crippen LogP contribution < -0.4 is 16.4 Å². The number of rotatable bonds is 29. The van der Waals surface area contributed by atoms with E-state index in [1.54, 1.807) is 50.5 Å². The van der Waals surface area contributed by atoms with Gasteiger partial charge in [-0.2, -0.15) is 5.82 Å². The Morgan fingerprint density at radius 1 is 1.00 bits per heavy atom. The maximum absolute atomic E-state index is 11.9. The Bertz CT molecular complexity index is 973. The van der Waals surface area contributed by atoms with Crippen molar-refractivity contribution in [3.8, 4) is 11.7 Å². The molecule has 15 nitrogen and oxygen atoms in total. The molecule has 0 aliphatic carbocycles. The second-order valence-electron chi connectivity index (χ2n) is 10.6. The van der Waals surface area contributed by atoms with Gasteiger partial charge in [0, 0.05) is 35.0 Å². The normalized spacial score (nSPS) is 17.6. The van der Waals surface area contributed by atoms with Crippen LogP contribution >= 0.6 is 51.4 Å². The third-order valence-electron chi connectivity index (χ3n) is 6.14. The maximum Gasteiger partial charge on any atom is 0.694 e. The SMILES string of the molecule is CSSCOC1C[C@H]([B]C#CCNC(=O)OCCCCOCSSC(C)(C)CCOC(=O)NCCOCCOCCN)OC1CO[P+](=O)O. The van der Waals surface area contributed by atoms with Crippen molar-refractivity contribution in [2.45, 2.75) is 62.5 Å². The number of carbonyl (C=O) groups is 2. The van der Waals surface area contributed by atoms with E-state index in [1.165, 1.54) is 0 Å². The summed E-state index contributed by atoms with van der Waals surface area (Å²) in [5, 5.41) is 5.24. The van der Waals surface area contributed by atoms with Gasteiger partial charge in [-0.15, -0.1) is 9.42 Å². The van der Waals surface area contributed by atoms with Gasteiger partial charge in [0.25, 0.3) is 7.28 Å². The van der Waals surface area contributed by atoms with Gasteiger partial charge in [-0.1, -0.05) is 49.1 Å². The van der Waals surface area contributed by atoms with Gasteiger partial charge in [0.15, 0.2) is 0 Å². The zero-order chi connectivity index (χ0) is 36.0. The summed E-state index contributed by atoms with van der Waals surface area (Å²) < 4.78 is 53.8. The fraction of sp³-hybridized carbons (Fsp3) is 0.857. The largest absolute Gasteiger partial charge is 0.694 e. The van der Waals surface area contributed by atoms with Crippen molar-refractivity contribution in [2.75, 3.05) is 90.6 Å². The van der Waals surface area contributed by atoms with Crippen LogP contribution in [-0.2, 0) is 42.2 Å². The lowest BCUT2D eigenvalue weighted by Crippen LogP contribution is -2.29. The lowest BCUT2D eigenvalue weighted by atomic mass is 9.71. The molecule has 2 amide bonds. The highest BCUT2D eigenvalue weighted by molar-refractivity contribution is 8.77. The number of hydrogen-bond donors (Lipinski definition) is 4. The molecule has 0 aromatic carbocycles. The molecular weight excluding hydrogens is 740 g/mol. The number of alkyl carbamates (subject to hydrolysis) is 2. The summed E-state index contributed by atoms with van der Waals surface area (Å²) >= 11 is 0. The van der Waals surface area contributed by atoms with Crippen LogP contribution in [0.15, 0.2) is 0 Å². The van der Waals surface area contributed by atoms with Gasteiger partial charge in [0.2, 0.25) is 0 Å². The molecule has 5 N–H and O–H groups in total. The molecule has 3 unspecified atom stereocenters. The van der Waals surface area contributed by atoms with E-state index in [1.807, 2.05) is 6.26 Å². The summed E-state index contributed by atoms with van der Waals surface area (Å²) in [5.41, 5.74) is 5.33. The van der Waals surface area contributed by atoms with E-state index in [0.717, 1.165) is 6.42 Å². The average Bonchev–Trinajstić information content (AvgIpc) is 3.45. The minimum Gasteiger partial charge on any atom is -0.450 e. The quantitative estimate of drug-likeness (QED) is 0.0214. The molecule has 0 saturated carbocycles. The standard InChI is InChI=1S/C28H50BN3O12PS4/c1-28(2,7-14-41-27(34)32-11-16-38-18-17-37-15-9-30)49-48-21-39-12-4-5-13-40-26(33)31-10-6-8-29-25-19-23(42-22-47-46-3)24(44-25)20-43-45(35)36/h23-25H,4-5,7,9-22,30H2,1-3H3,(H2-,31,32,33,34,35,36)/p+1/t23?,24?,25-/m1/s1. The van der Waals surface area contributed by atoms with Crippen molar-refractivity contribution in [3.05, 3.63) is 0 Å². The van der Waals surface area contributed by atoms with E-state index < -0.39 is 26.5 Å². The number of amides is 2. The van der Waals surface area contributed by atoms with Gasteiger partial charge >= 0.3 is 20.4 Å². The second-order valence-corrected chi connectivity index (χ2v) is 16.8. The van der Waals surface area contributed by atoms with Crippen molar-refractivity contribution in [2.24, 2.45) is 5.73 Å². The summed E-state index contributed by atoms with van der Waals surface area (Å²) in [4.78, 5) is 32.6. The number of hydrogen-bond acceptors (Lipinski definition) is 16. The first-order valence-corrected chi connectivity index (χ1v) is 21.9. The van der Waals surface area contributed by atoms with Crippen LogP contribution in [0.2, 0.25) is 0 Å². The van der Waals surface area contributed by atoms with Crippen LogP contribution in [0.25, 0.3) is 0 Å². The smallest absolute Gasteiger partial charge is 0.450 e. The van der Waals surface area contributed by atoms with E-state index in [4.69, 9.17) is 48.3 Å². The lowest BCUT2D eigenvalue weighted by molar-refractivity contribution is -0.0193. The van der Waals surface area contributed by atoms with E-state index in [9.17, 15) is 14.2 Å². The minimum absolute atomic E-state index is 0.0550. The fourth-order valence-corrected chi connectivity index (χ4v) is 7.04. The third kappa shape index (κ3) is 27.6. The van der Waals surface area contributed by atoms with Crippen molar-refractivity contribution < 1.29 is 56.7 Å². The molecular formula is C28H51BN3O12PS4+. The molecule has 0 spiro atoms. The molecule has 1 saturated heterocycles.